The minimum absolute atomic E-state index is 0.168. The van der Waals surface area contributed by atoms with Crippen LogP contribution >= 0.6 is 11.3 Å². The van der Waals surface area contributed by atoms with Gasteiger partial charge in [-0.25, -0.2) is 0 Å². The van der Waals surface area contributed by atoms with E-state index in [-0.39, 0.29) is 6.61 Å². The highest BCUT2D eigenvalue weighted by Crippen LogP contribution is 2.23. The van der Waals surface area contributed by atoms with Crippen LogP contribution in [0.5, 0.6) is 0 Å². The molecule has 0 radical (unpaired) electrons. The van der Waals surface area contributed by atoms with Crippen molar-refractivity contribution >= 4 is 27.1 Å². The molecule has 2 nitrogen and oxygen atoms in total. The van der Waals surface area contributed by atoms with Gasteiger partial charge in [-0.3, -0.25) is 0 Å². The van der Waals surface area contributed by atoms with Crippen LogP contribution in [0.1, 0.15) is 0 Å². The van der Waals surface area contributed by atoms with Gasteiger partial charge in [-0.2, -0.15) is 0 Å². The fourth-order valence-corrected chi connectivity index (χ4v) is 2.05. The van der Waals surface area contributed by atoms with Crippen LogP contribution in [-0.4, -0.2) is 18.3 Å². The second kappa shape index (κ2) is 3.77. The summed E-state index contributed by atoms with van der Waals surface area (Å²) < 4.78 is 1.30. The molecule has 0 spiro atoms. The number of hydrogen-bond donors (Lipinski definition) is 2. The molecule has 0 aliphatic rings. The number of nitrogens with one attached hydrogen (secondary N) is 1. The SMILES string of the molecule is OCCNc1ccc2sccc2c1. The Morgan fingerprint density at radius 2 is 2.23 bits per heavy atom. The van der Waals surface area contributed by atoms with Crippen LogP contribution in [0.2, 0.25) is 0 Å². The lowest BCUT2D eigenvalue weighted by molar-refractivity contribution is 0.311. The summed E-state index contributed by atoms with van der Waals surface area (Å²) >= 11 is 1.74. The zero-order valence-corrected chi connectivity index (χ0v) is 7.97. The van der Waals surface area contributed by atoms with Gasteiger partial charge >= 0.3 is 0 Å². The van der Waals surface area contributed by atoms with E-state index in [1.807, 2.05) is 6.07 Å². The number of aliphatic hydroxyl groups is 1. The Bertz CT molecular complexity index is 396. The Balaban J connectivity index is 2.26. The summed E-state index contributed by atoms with van der Waals surface area (Å²) in [5.74, 6) is 0. The maximum atomic E-state index is 8.64. The predicted octanol–water partition coefficient (Wildman–Crippen LogP) is 2.31. The standard InChI is InChI=1S/C10H11NOS/c12-5-4-11-9-1-2-10-8(7-9)3-6-13-10/h1-3,6-7,11-12H,4-5H2. The second-order valence-electron chi connectivity index (χ2n) is 2.82. The average molecular weight is 193 g/mol. The van der Waals surface area contributed by atoms with Crippen LogP contribution in [-0.2, 0) is 0 Å². The van der Waals surface area contributed by atoms with Crippen molar-refractivity contribution in [1.82, 2.24) is 0 Å². The van der Waals surface area contributed by atoms with Gasteiger partial charge in [0.25, 0.3) is 0 Å². The molecule has 0 bridgehead atoms. The third-order valence-corrected chi connectivity index (χ3v) is 2.79. The minimum Gasteiger partial charge on any atom is -0.395 e. The minimum atomic E-state index is 0.168. The molecule has 0 fully saturated rings. The first-order valence-electron chi connectivity index (χ1n) is 4.22. The molecule has 1 heterocycles. The lowest BCUT2D eigenvalue weighted by Crippen LogP contribution is -2.04. The summed E-state index contributed by atoms with van der Waals surface area (Å²) in [5.41, 5.74) is 1.07. The zero-order valence-electron chi connectivity index (χ0n) is 7.16. The summed E-state index contributed by atoms with van der Waals surface area (Å²) in [6, 6.07) is 8.33. The summed E-state index contributed by atoms with van der Waals surface area (Å²) in [5, 5.41) is 15.1. The molecule has 2 N–H and O–H groups in total. The molecular weight excluding hydrogens is 182 g/mol. The molecule has 2 aromatic rings. The molecule has 13 heavy (non-hydrogen) atoms. The fraction of sp³-hybridized carbons (Fsp3) is 0.200. The van der Waals surface area contributed by atoms with Crippen LogP contribution in [0, 0.1) is 0 Å². The first kappa shape index (κ1) is 8.53. The maximum absolute atomic E-state index is 8.64. The van der Waals surface area contributed by atoms with Gasteiger partial charge < -0.3 is 10.4 Å². The molecule has 0 aliphatic heterocycles. The first-order valence-corrected chi connectivity index (χ1v) is 5.10. The smallest absolute Gasteiger partial charge is 0.0604 e. The van der Waals surface area contributed by atoms with Crippen LogP contribution < -0.4 is 5.32 Å². The second-order valence-corrected chi connectivity index (χ2v) is 3.77. The largest absolute Gasteiger partial charge is 0.395 e. The molecule has 0 unspecified atom stereocenters. The van der Waals surface area contributed by atoms with Crippen molar-refractivity contribution in [3.05, 3.63) is 29.6 Å². The summed E-state index contributed by atoms with van der Waals surface area (Å²) in [7, 11) is 0. The van der Waals surface area contributed by atoms with E-state index in [9.17, 15) is 0 Å². The number of benzene rings is 1. The number of anilines is 1. The maximum Gasteiger partial charge on any atom is 0.0604 e. The van der Waals surface area contributed by atoms with E-state index in [0.29, 0.717) is 6.54 Å². The molecule has 68 valence electrons. The molecule has 0 atom stereocenters. The van der Waals surface area contributed by atoms with E-state index in [0.717, 1.165) is 5.69 Å². The molecule has 1 aromatic heterocycles. The Hall–Kier alpha value is -1.06. The average Bonchev–Trinajstić information content (AvgIpc) is 2.61. The van der Waals surface area contributed by atoms with Crippen molar-refractivity contribution in [3.8, 4) is 0 Å². The van der Waals surface area contributed by atoms with Gasteiger partial charge in [-0.15, -0.1) is 11.3 Å². The predicted molar refractivity (Wildman–Crippen MR) is 57.4 cm³/mol. The highest BCUT2D eigenvalue weighted by molar-refractivity contribution is 7.17. The monoisotopic (exact) mass is 193 g/mol. The van der Waals surface area contributed by atoms with Gasteiger partial charge in [0.1, 0.15) is 0 Å². The lowest BCUT2D eigenvalue weighted by Gasteiger charge is -2.03. The van der Waals surface area contributed by atoms with E-state index in [1.54, 1.807) is 11.3 Å². The van der Waals surface area contributed by atoms with Gasteiger partial charge in [-0.05, 0) is 35.0 Å². The van der Waals surface area contributed by atoms with E-state index >= 15 is 0 Å². The number of rotatable bonds is 3. The molecule has 0 saturated carbocycles. The normalized spacial score (nSPS) is 10.5. The first-order chi connectivity index (χ1) is 6.40. The number of hydrogen-bond acceptors (Lipinski definition) is 3. The third-order valence-electron chi connectivity index (χ3n) is 1.89. The Morgan fingerprint density at radius 3 is 3.08 bits per heavy atom. The third kappa shape index (κ3) is 1.82. The summed E-state index contributed by atoms with van der Waals surface area (Å²) in [4.78, 5) is 0. The molecule has 0 saturated heterocycles. The van der Waals surface area contributed by atoms with Crippen LogP contribution in [0.15, 0.2) is 29.6 Å². The molecule has 1 aromatic carbocycles. The molecule has 3 heteroatoms. The topological polar surface area (TPSA) is 32.3 Å². The van der Waals surface area contributed by atoms with Crippen molar-refractivity contribution in [1.29, 1.82) is 0 Å². The van der Waals surface area contributed by atoms with Gasteiger partial charge in [0.15, 0.2) is 0 Å². The lowest BCUT2D eigenvalue weighted by atomic mass is 10.2. The van der Waals surface area contributed by atoms with Gasteiger partial charge in [-0.1, -0.05) is 0 Å². The fourth-order valence-electron chi connectivity index (χ4n) is 1.28. The Labute approximate surface area is 80.8 Å². The highest BCUT2D eigenvalue weighted by atomic mass is 32.1. The van der Waals surface area contributed by atoms with E-state index in [4.69, 9.17) is 5.11 Å². The molecule has 0 amide bonds. The van der Waals surface area contributed by atoms with Gasteiger partial charge in [0.2, 0.25) is 0 Å². The highest BCUT2D eigenvalue weighted by Gasteiger charge is 1.95. The van der Waals surface area contributed by atoms with Crippen molar-refractivity contribution < 1.29 is 5.11 Å². The van der Waals surface area contributed by atoms with Crippen LogP contribution in [0.3, 0.4) is 0 Å². The van der Waals surface area contributed by atoms with Gasteiger partial charge in [0, 0.05) is 16.9 Å². The molecule has 0 aliphatic carbocycles. The van der Waals surface area contributed by atoms with Crippen molar-refractivity contribution in [2.45, 2.75) is 0 Å². The van der Waals surface area contributed by atoms with Crippen molar-refractivity contribution in [2.75, 3.05) is 18.5 Å². The van der Waals surface area contributed by atoms with E-state index < -0.39 is 0 Å². The Kier molecular flexibility index (Phi) is 2.47. The van der Waals surface area contributed by atoms with E-state index in [1.165, 1.54) is 10.1 Å². The molecular formula is C10H11NOS. The van der Waals surface area contributed by atoms with Crippen molar-refractivity contribution in [3.63, 3.8) is 0 Å². The summed E-state index contributed by atoms with van der Waals surface area (Å²) in [6.45, 7) is 0.775. The van der Waals surface area contributed by atoms with Crippen LogP contribution in [0.25, 0.3) is 10.1 Å². The van der Waals surface area contributed by atoms with Crippen molar-refractivity contribution in [2.24, 2.45) is 0 Å². The Morgan fingerprint density at radius 1 is 1.31 bits per heavy atom. The summed E-state index contributed by atoms with van der Waals surface area (Å²) in [6.07, 6.45) is 0. The zero-order chi connectivity index (χ0) is 9.10. The quantitative estimate of drug-likeness (QED) is 0.784. The van der Waals surface area contributed by atoms with Crippen LogP contribution in [0.4, 0.5) is 5.69 Å². The number of thiophene rings is 1. The number of fused-ring (bicyclic) bond motifs is 1. The number of aliphatic hydroxyl groups excluding tert-OH is 1. The van der Waals surface area contributed by atoms with Gasteiger partial charge in [0.05, 0.1) is 6.61 Å². The molecule has 2 rings (SSSR count). The van der Waals surface area contributed by atoms with E-state index in [2.05, 4.69) is 28.9 Å².